The first-order valence-electron chi connectivity index (χ1n) is 6.48. The zero-order valence-electron chi connectivity index (χ0n) is 11.2. The standard InChI is InChI=1S/C15H15N5/c1-2-20-10-17-9-13(20)15-18-12(8-14(16)19-15)11-6-4-3-5-7-11/h3-10H,2H2,1H3,(H2,16,18,19). The minimum Gasteiger partial charge on any atom is -0.384 e. The average molecular weight is 265 g/mol. The second kappa shape index (κ2) is 5.13. The second-order valence-corrected chi connectivity index (χ2v) is 4.43. The second-order valence-electron chi connectivity index (χ2n) is 4.43. The van der Waals surface area contributed by atoms with Gasteiger partial charge in [-0.05, 0) is 6.92 Å². The van der Waals surface area contributed by atoms with E-state index in [-0.39, 0.29) is 0 Å². The van der Waals surface area contributed by atoms with Crippen LogP contribution < -0.4 is 5.73 Å². The summed E-state index contributed by atoms with van der Waals surface area (Å²) in [5, 5.41) is 0. The summed E-state index contributed by atoms with van der Waals surface area (Å²) in [6, 6.07) is 11.7. The summed E-state index contributed by atoms with van der Waals surface area (Å²) in [5.74, 6) is 1.06. The summed E-state index contributed by atoms with van der Waals surface area (Å²) in [5.41, 5.74) is 8.62. The molecule has 20 heavy (non-hydrogen) atoms. The first kappa shape index (κ1) is 12.3. The molecule has 100 valence electrons. The van der Waals surface area contributed by atoms with E-state index in [4.69, 9.17) is 5.73 Å². The van der Waals surface area contributed by atoms with Crippen molar-refractivity contribution in [2.45, 2.75) is 13.5 Å². The normalized spacial score (nSPS) is 10.7. The van der Waals surface area contributed by atoms with Crippen LogP contribution in [-0.2, 0) is 6.54 Å². The molecule has 0 aliphatic heterocycles. The van der Waals surface area contributed by atoms with Crippen molar-refractivity contribution in [3.05, 3.63) is 48.9 Å². The number of rotatable bonds is 3. The lowest BCUT2D eigenvalue weighted by Crippen LogP contribution is -2.02. The molecular weight excluding hydrogens is 250 g/mol. The average Bonchev–Trinajstić information content (AvgIpc) is 2.96. The molecule has 5 nitrogen and oxygen atoms in total. The molecule has 0 fully saturated rings. The van der Waals surface area contributed by atoms with Gasteiger partial charge < -0.3 is 10.3 Å². The minimum absolute atomic E-state index is 0.456. The molecule has 1 aromatic carbocycles. The van der Waals surface area contributed by atoms with Gasteiger partial charge in [-0.15, -0.1) is 0 Å². The van der Waals surface area contributed by atoms with Crippen LogP contribution in [0.25, 0.3) is 22.8 Å². The Morgan fingerprint density at radius 2 is 1.95 bits per heavy atom. The monoisotopic (exact) mass is 265 g/mol. The number of imidazole rings is 1. The highest BCUT2D eigenvalue weighted by atomic mass is 15.1. The molecule has 0 unspecified atom stereocenters. The smallest absolute Gasteiger partial charge is 0.180 e. The number of aryl methyl sites for hydroxylation is 1. The third-order valence-corrected chi connectivity index (χ3v) is 3.10. The van der Waals surface area contributed by atoms with Crippen molar-refractivity contribution >= 4 is 5.82 Å². The Hall–Kier alpha value is -2.69. The number of benzene rings is 1. The van der Waals surface area contributed by atoms with Crippen LogP contribution in [0.15, 0.2) is 48.9 Å². The van der Waals surface area contributed by atoms with Crippen molar-refractivity contribution in [3.63, 3.8) is 0 Å². The van der Waals surface area contributed by atoms with E-state index >= 15 is 0 Å². The molecule has 2 aromatic heterocycles. The van der Waals surface area contributed by atoms with Crippen LogP contribution in [0.1, 0.15) is 6.92 Å². The number of nitrogens with two attached hydrogens (primary N) is 1. The van der Waals surface area contributed by atoms with E-state index < -0.39 is 0 Å². The lowest BCUT2D eigenvalue weighted by molar-refractivity contribution is 0.764. The van der Waals surface area contributed by atoms with Crippen molar-refractivity contribution in [2.75, 3.05) is 5.73 Å². The SMILES string of the molecule is CCn1cncc1-c1nc(N)cc(-c2ccccc2)n1. The summed E-state index contributed by atoms with van der Waals surface area (Å²) in [4.78, 5) is 13.1. The predicted molar refractivity (Wildman–Crippen MR) is 78.8 cm³/mol. The van der Waals surface area contributed by atoms with Gasteiger partial charge in [0.1, 0.15) is 11.5 Å². The predicted octanol–water partition coefficient (Wildman–Crippen LogP) is 2.61. The van der Waals surface area contributed by atoms with E-state index in [1.54, 1.807) is 18.6 Å². The maximum absolute atomic E-state index is 5.91. The number of aromatic nitrogens is 4. The van der Waals surface area contributed by atoms with Gasteiger partial charge in [0.25, 0.3) is 0 Å². The van der Waals surface area contributed by atoms with E-state index in [1.165, 1.54) is 0 Å². The summed E-state index contributed by atoms with van der Waals surface area (Å²) >= 11 is 0. The summed E-state index contributed by atoms with van der Waals surface area (Å²) in [6.07, 6.45) is 3.52. The van der Waals surface area contributed by atoms with Crippen LogP contribution in [0, 0.1) is 0 Å². The third-order valence-electron chi connectivity index (χ3n) is 3.10. The lowest BCUT2D eigenvalue weighted by Gasteiger charge is -2.07. The highest BCUT2D eigenvalue weighted by Gasteiger charge is 2.10. The van der Waals surface area contributed by atoms with Crippen molar-refractivity contribution in [1.29, 1.82) is 0 Å². The van der Waals surface area contributed by atoms with Crippen molar-refractivity contribution in [3.8, 4) is 22.8 Å². The molecule has 2 heterocycles. The van der Waals surface area contributed by atoms with Gasteiger partial charge in [0.2, 0.25) is 0 Å². The topological polar surface area (TPSA) is 69.6 Å². The Labute approximate surface area is 117 Å². The molecule has 0 saturated heterocycles. The Morgan fingerprint density at radius 3 is 2.70 bits per heavy atom. The molecule has 0 bridgehead atoms. The molecule has 0 spiro atoms. The highest BCUT2D eigenvalue weighted by molar-refractivity contribution is 5.65. The molecule has 2 N–H and O–H groups in total. The molecule has 0 saturated carbocycles. The summed E-state index contributed by atoms with van der Waals surface area (Å²) in [7, 11) is 0. The first-order chi connectivity index (χ1) is 9.78. The quantitative estimate of drug-likeness (QED) is 0.790. The maximum Gasteiger partial charge on any atom is 0.180 e. The van der Waals surface area contributed by atoms with Crippen molar-refractivity contribution in [1.82, 2.24) is 19.5 Å². The van der Waals surface area contributed by atoms with Crippen LogP contribution in [0.4, 0.5) is 5.82 Å². The van der Waals surface area contributed by atoms with Gasteiger partial charge in [-0.2, -0.15) is 0 Å². The third kappa shape index (κ3) is 2.25. The van der Waals surface area contributed by atoms with Crippen LogP contribution in [0.2, 0.25) is 0 Å². The van der Waals surface area contributed by atoms with Crippen LogP contribution in [0.3, 0.4) is 0 Å². The number of nitrogens with zero attached hydrogens (tertiary/aromatic N) is 4. The van der Waals surface area contributed by atoms with Gasteiger partial charge in [0.05, 0.1) is 18.2 Å². The Balaban J connectivity index is 2.12. The molecular formula is C15H15N5. The highest BCUT2D eigenvalue weighted by Crippen LogP contribution is 2.22. The zero-order valence-corrected chi connectivity index (χ0v) is 11.2. The number of nitrogen functional groups attached to an aromatic ring is 1. The fourth-order valence-corrected chi connectivity index (χ4v) is 2.10. The van der Waals surface area contributed by atoms with Crippen LogP contribution in [-0.4, -0.2) is 19.5 Å². The van der Waals surface area contributed by atoms with Gasteiger partial charge in [-0.25, -0.2) is 15.0 Å². The van der Waals surface area contributed by atoms with Crippen molar-refractivity contribution < 1.29 is 0 Å². The van der Waals surface area contributed by atoms with Gasteiger partial charge >= 0.3 is 0 Å². The van der Waals surface area contributed by atoms with Gasteiger partial charge in [-0.1, -0.05) is 30.3 Å². The van der Waals surface area contributed by atoms with Crippen LogP contribution >= 0.6 is 0 Å². The fraction of sp³-hybridized carbons (Fsp3) is 0.133. The van der Waals surface area contributed by atoms with Gasteiger partial charge in [0, 0.05) is 18.2 Å². The largest absolute Gasteiger partial charge is 0.384 e. The van der Waals surface area contributed by atoms with Crippen LogP contribution in [0.5, 0.6) is 0 Å². The zero-order chi connectivity index (χ0) is 13.9. The molecule has 3 rings (SSSR count). The first-order valence-corrected chi connectivity index (χ1v) is 6.48. The molecule has 0 radical (unpaired) electrons. The van der Waals surface area contributed by atoms with E-state index in [0.29, 0.717) is 11.6 Å². The number of anilines is 1. The molecule has 0 aliphatic rings. The van der Waals surface area contributed by atoms with E-state index in [0.717, 1.165) is 23.5 Å². The molecule has 3 aromatic rings. The minimum atomic E-state index is 0.456. The number of hydrogen-bond donors (Lipinski definition) is 1. The van der Waals surface area contributed by atoms with E-state index in [2.05, 4.69) is 21.9 Å². The summed E-state index contributed by atoms with van der Waals surface area (Å²) < 4.78 is 1.99. The fourth-order valence-electron chi connectivity index (χ4n) is 2.10. The molecule has 0 atom stereocenters. The molecule has 0 aliphatic carbocycles. The number of hydrogen-bond acceptors (Lipinski definition) is 4. The maximum atomic E-state index is 5.91. The lowest BCUT2D eigenvalue weighted by atomic mass is 10.1. The van der Waals surface area contributed by atoms with Gasteiger partial charge in [-0.3, -0.25) is 0 Å². The summed E-state index contributed by atoms with van der Waals surface area (Å²) in [6.45, 7) is 2.86. The molecule has 0 amide bonds. The Bertz CT molecular complexity index is 718. The molecule has 5 heteroatoms. The Kier molecular flexibility index (Phi) is 3.16. The Morgan fingerprint density at radius 1 is 1.15 bits per heavy atom. The van der Waals surface area contributed by atoms with Crippen molar-refractivity contribution in [2.24, 2.45) is 0 Å². The van der Waals surface area contributed by atoms with E-state index in [1.807, 2.05) is 34.9 Å². The van der Waals surface area contributed by atoms with Gasteiger partial charge in [0.15, 0.2) is 5.82 Å². The van der Waals surface area contributed by atoms with E-state index in [9.17, 15) is 0 Å².